The molecule has 0 bridgehead atoms. The van der Waals surface area contributed by atoms with Gasteiger partial charge in [-0.2, -0.15) is 0 Å². The molecule has 1 heterocycles. The van der Waals surface area contributed by atoms with Gasteiger partial charge in [0.2, 0.25) is 11.3 Å². The molecule has 0 fully saturated rings. The average Bonchev–Trinajstić information content (AvgIpc) is 2.87. The largest absolute Gasteiger partial charge is 0.493 e. The Kier molecular flexibility index (Phi) is 7.03. The summed E-state index contributed by atoms with van der Waals surface area (Å²) in [6.07, 6.45) is 1.28. The van der Waals surface area contributed by atoms with Gasteiger partial charge in [0.1, 0.15) is 6.54 Å². The zero-order valence-corrected chi connectivity index (χ0v) is 19.9. The highest BCUT2D eigenvalue weighted by Crippen LogP contribution is 2.31. The highest BCUT2D eigenvalue weighted by Gasteiger charge is 2.20. The van der Waals surface area contributed by atoms with E-state index in [1.807, 2.05) is 0 Å². The third-order valence-corrected chi connectivity index (χ3v) is 5.71. The SMILES string of the molecule is COc1cc2c(=O)c(C(=O)c3ccc(Cl)cc3)cn(CC(=O)Nc3ccc(F)c(F)c3)c2cc1OC. The number of rotatable bonds is 7. The molecule has 1 aromatic heterocycles. The number of nitrogens with zero attached hydrogens (tertiary/aromatic N) is 1. The number of anilines is 1. The smallest absolute Gasteiger partial charge is 0.244 e. The number of nitrogens with one attached hydrogen (secondary N) is 1. The molecule has 1 amide bonds. The van der Waals surface area contributed by atoms with Crippen molar-refractivity contribution in [1.29, 1.82) is 0 Å². The molecule has 0 aliphatic carbocycles. The van der Waals surface area contributed by atoms with Gasteiger partial charge in [0.25, 0.3) is 0 Å². The van der Waals surface area contributed by atoms with Crippen LogP contribution in [0.4, 0.5) is 14.5 Å². The Morgan fingerprint density at radius 1 is 0.944 bits per heavy atom. The molecule has 3 aromatic carbocycles. The number of hydrogen-bond donors (Lipinski definition) is 1. The fourth-order valence-corrected chi connectivity index (χ4v) is 3.82. The van der Waals surface area contributed by atoms with E-state index in [1.165, 1.54) is 67.4 Å². The molecule has 4 aromatic rings. The summed E-state index contributed by atoms with van der Waals surface area (Å²) in [6, 6.07) is 11.9. The van der Waals surface area contributed by atoms with Crippen LogP contribution in [0.25, 0.3) is 10.9 Å². The monoisotopic (exact) mass is 512 g/mol. The molecule has 0 unspecified atom stereocenters. The number of ether oxygens (including phenoxy) is 2. The van der Waals surface area contributed by atoms with E-state index in [0.29, 0.717) is 16.3 Å². The molecule has 0 atom stereocenters. The normalized spacial score (nSPS) is 10.8. The number of methoxy groups -OCH3 is 2. The number of hydrogen-bond acceptors (Lipinski definition) is 5. The van der Waals surface area contributed by atoms with E-state index in [4.69, 9.17) is 21.1 Å². The molecule has 0 radical (unpaired) electrons. The third-order valence-electron chi connectivity index (χ3n) is 5.45. The molecule has 184 valence electrons. The zero-order chi connectivity index (χ0) is 26.0. The number of ketones is 1. The van der Waals surface area contributed by atoms with Crippen LogP contribution < -0.4 is 20.2 Å². The third kappa shape index (κ3) is 4.92. The summed E-state index contributed by atoms with van der Waals surface area (Å²) in [6.45, 7) is -0.355. The highest BCUT2D eigenvalue weighted by molar-refractivity contribution is 6.30. The molecular formula is C26H19ClF2N2O5. The number of halogens is 3. The fraction of sp³-hybridized carbons (Fsp3) is 0.115. The Morgan fingerprint density at radius 3 is 2.25 bits per heavy atom. The Morgan fingerprint density at radius 2 is 1.61 bits per heavy atom. The van der Waals surface area contributed by atoms with Crippen molar-refractivity contribution in [2.75, 3.05) is 19.5 Å². The lowest BCUT2D eigenvalue weighted by molar-refractivity contribution is -0.116. The Labute approximate surface area is 208 Å². The predicted molar refractivity (Wildman–Crippen MR) is 131 cm³/mol. The van der Waals surface area contributed by atoms with Gasteiger partial charge in [0.05, 0.1) is 30.7 Å². The van der Waals surface area contributed by atoms with E-state index < -0.39 is 28.8 Å². The van der Waals surface area contributed by atoms with Gasteiger partial charge in [-0.05, 0) is 42.5 Å². The van der Waals surface area contributed by atoms with E-state index in [1.54, 1.807) is 0 Å². The minimum atomic E-state index is -1.12. The molecule has 0 aliphatic heterocycles. The van der Waals surface area contributed by atoms with Crippen LogP contribution in [0, 0.1) is 11.6 Å². The lowest BCUT2D eigenvalue weighted by atomic mass is 10.0. The minimum absolute atomic E-state index is 0.0426. The first-order chi connectivity index (χ1) is 17.2. The van der Waals surface area contributed by atoms with Gasteiger partial charge in [0.15, 0.2) is 28.9 Å². The first-order valence-corrected chi connectivity index (χ1v) is 10.9. The van der Waals surface area contributed by atoms with Crippen molar-refractivity contribution >= 4 is 39.9 Å². The highest BCUT2D eigenvalue weighted by atomic mass is 35.5. The summed E-state index contributed by atoms with van der Waals surface area (Å²) in [7, 11) is 2.82. The fourth-order valence-electron chi connectivity index (χ4n) is 3.70. The van der Waals surface area contributed by atoms with Crippen molar-refractivity contribution in [2.24, 2.45) is 0 Å². The van der Waals surface area contributed by atoms with Gasteiger partial charge in [0, 0.05) is 34.6 Å². The van der Waals surface area contributed by atoms with Gasteiger partial charge >= 0.3 is 0 Å². The van der Waals surface area contributed by atoms with Crippen LogP contribution in [0.1, 0.15) is 15.9 Å². The summed E-state index contributed by atoms with van der Waals surface area (Å²) in [4.78, 5) is 39.3. The standard InChI is InChI=1S/C26H19ClF2N2O5/c1-35-22-10-17-21(11-23(22)36-2)31(13-24(32)30-16-7-8-19(28)20(29)9-16)12-18(26(17)34)25(33)14-3-5-15(27)6-4-14/h3-12H,13H2,1-2H3,(H,30,32). The first kappa shape index (κ1) is 24.9. The van der Waals surface area contributed by atoms with E-state index in [0.717, 1.165) is 12.1 Å². The Hall–Kier alpha value is -4.24. The molecule has 0 aliphatic rings. The zero-order valence-electron chi connectivity index (χ0n) is 19.1. The molecule has 0 saturated heterocycles. The number of pyridine rings is 1. The molecule has 4 rings (SSSR count). The lowest BCUT2D eigenvalue weighted by Crippen LogP contribution is -2.24. The first-order valence-electron chi connectivity index (χ1n) is 10.6. The van der Waals surface area contributed by atoms with Crippen LogP contribution in [0.5, 0.6) is 11.5 Å². The van der Waals surface area contributed by atoms with Crippen LogP contribution in [0.3, 0.4) is 0 Å². The second-order valence-corrected chi connectivity index (χ2v) is 8.17. The maximum absolute atomic E-state index is 13.6. The lowest BCUT2D eigenvalue weighted by Gasteiger charge is -2.16. The molecule has 1 N–H and O–H groups in total. The van der Waals surface area contributed by atoms with Crippen LogP contribution in [0.15, 0.2) is 65.6 Å². The van der Waals surface area contributed by atoms with Crippen LogP contribution in [0.2, 0.25) is 5.02 Å². The second kappa shape index (κ2) is 10.2. The van der Waals surface area contributed by atoms with Crippen molar-refractivity contribution in [3.05, 3.63) is 98.8 Å². The second-order valence-electron chi connectivity index (χ2n) is 7.74. The Bertz CT molecular complexity index is 1550. The summed E-state index contributed by atoms with van der Waals surface area (Å²) < 4.78 is 38.8. The van der Waals surface area contributed by atoms with Crippen molar-refractivity contribution in [3.8, 4) is 11.5 Å². The Balaban J connectivity index is 1.82. The van der Waals surface area contributed by atoms with Crippen molar-refractivity contribution in [3.63, 3.8) is 0 Å². The number of benzene rings is 3. The number of fused-ring (bicyclic) bond motifs is 1. The van der Waals surface area contributed by atoms with Crippen molar-refractivity contribution < 1.29 is 27.8 Å². The van der Waals surface area contributed by atoms with E-state index in [2.05, 4.69) is 5.32 Å². The molecule has 36 heavy (non-hydrogen) atoms. The molecule has 7 nitrogen and oxygen atoms in total. The van der Waals surface area contributed by atoms with Crippen LogP contribution in [-0.2, 0) is 11.3 Å². The molecule has 0 saturated carbocycles. The molecule has 10 heteroatoms. The van der Waals surface area contributed by atoms with E-state index in [-0.39, 0.29) is 34.5 Å². The average molecular weight is 513 g/mol. The van der Waals surface area contributed by atoms with Crippen molar-refractivity contribution in [1.82, 2.24) is 4.57 Å². The minimum Gasteiger partial charge on any atom is -0.493 e. The van der Waals surface area contributed by atoms with Gasteiger partial charge in [-0.25, -0.2) is 8.78 Å². The summed E-state index contributed by atoms with van der Waals surface area (Å²) in [5.74, 6) is -2.78. The number of aromatic nitrogens is 1. The van der Waals surface area contributed by atoms with Gasteiger partial charge in [-0.15, -0.1) is 0 Å². The molecular weight excluding hydrogens is 494 g/mol. The number of carbonyl (C=O) groups excluding carboxylic acids is 2. The predicted octanol–water partition coefficient (Wildman–Crippen LogP) is 4.82. The summed E-state index contributed by atoms with van der Waals surface area (Å²) in [5.41, 5.74) is -0.179. The van der Waals surface area contributed by atoms with Gasteiger partial charge < -0.3 is 19.4 Å². The van der Waals surface area contributed by atoms with Crippen LogP contribution >= 0.6 is 11.6 Å². The maximum Gasteiger partial charge on any atom is 0.244 e. The molecule has 0 spiro atoms. The van der Waals surface area contributed by atoms with Crippen LogP contribution in [-0.4, -0.2) is 30.5 Å². The quantitative estimate of drug-likeness (QED) is 0.359. The maximum atomic E-state index is 13.6. The van der Waals surface area contributed by atoms with Gasteiger partial charge in [-0.3, -0.25) is 14.4 Å². The van der Waals surface area contributed by atoms with E-state index in [9.17, 15) is 23.2 Å². The number of amides is 1. The summed E-state index contributed by atoms with van der Waals surface area (Å²) >= 11 is 5.91. The summed E-state index contributed by atoms with van der Waals surface area (Å²) in [5, 5.41) is 3.02. The van der Waals surface area contributed by atoms with Crippen molar-refractivity contribution in [2.45, 2.75) is 6.54 Å². The van der Waals surface area contributed by atoms with Gasteiger partial charge in [-0.1, -0.05) is 11.6 Å². The number of carbonyl (C=O) groups is 2. The van der Waals surface area contributed by atoms with E-state index >= 15 is 0 Å². The topological polar surface area (TPSA) is 86.6 Å².